The molecule has 1 N–H and O–H groups in total. The monoisotopic (exact) mass is 403 g/mol. The summed E-state index contributed by atoms with van der Waals surface area (Å²) in [7, 11) is 0. The number of hydrogen-bond acceptors (Lipinski definition) is 4. The predicted octanol–water partition coefficient (Wildman–Crippen LogP) is 2.51. The zero-order valence-electron chi connectivity index (χ0n) is 18.0. The molecule has 7 nitrogen and oxygen atoms in total. The second kappa shape index (κ2) is 10.3. The van der Waals surface area contributed by atoms with Gasteiger partial charge in [-0.15, -0.1) is 0 Å². The molecule has 160 valence electrons. The van der Waals surface area contributed by atoms with Gasteiger partial charge in [-0.25, -0.2) is 4.79 Å². The van der Waals surface area contributed by atoms with Gasteiger partial charge in [0.2, 0.25) is 11.8 Å². The molecule has 0 saturated carbocycles. The van der Waals surface area contributed by atoms with Gasteiger partial charge < -0.3 is 19.9 Å². The normalized spacial score (nSPS) is 14.9. The summed E-state index contributed by atoms with van der Waals surface area (Å²) in [6.07, 6.45) is 1.33. The number of carbonyl (C=O) groups is 3. The zero-order chi connectivity index (χ0) is 21.4. The molecule has 0 unspecified atom stereocenters. The molecule has 1 aliphatic heterocycles. The van der Waals surface area contributed by atoms with Crippen LogP contribution in [0.25, 0.3) is 0 Å². The van der Waals surface area contributed by atoms with Crippen molar-refractivity contribution in [3.05, 3.63) is 35.4 Å². The highest BCUT2D eigenvalue weighted by molar-refractivity contribution is 5.82. The van der Waals surface area contributed by atoms with Crippen molar-refractivity contribution in [2.45, 2.75) is 52.6 Å². The van der Waals surface area contributed by atoms with Crippen LogP contribution in [-0.2, 0) is 20.7 Å². The van der Waals surface area contributed by atoms with Crippen molar-refractivity contribution in [2.24, 2.45) is 0 Å². The minimum absolute atomic E-state index is 0.101. The lowest BCUT2D eigenvalue weighted by Gasteiger charge is -2.23. The fraction of sp³-hybridized carbons (Fsp3) is 0.591. The van der Waals surface area contributed by atoms with E-state index in [2.05, 4.69) is 24.4 Å². The quantitative estimate of drug-likeness (QED) is 0.819. The molecule has 3 amide bonds. The molecule has 29 heavy (non-hydrogen) atoms. The van der Waals surface area contributed by atoms with Gasteiger partial charge >= 0.3 is 6.09 Å². The lowest BCUT2D eigenvalue weighted by atomic mass is 10.0. The van der Waals surface area contributed by atoms with E-state index in [0.717, 1.165) is 12.8 Å². The van der Waals surface area contributed by atoms with E-state index in [1.807, 2.05) is 17.0 Å². The predicted molar refractivity (Wildman–Crippen MR) is 112 cm³/mol. The van der Waals surface area contributed by atoms with Crippen molar-refractivity contribution in [3.63, 3.8) is 0 Å². The van der Waals surface area contributed by atoms with Crippen LogP contribution in [0.1, 0.15) is 44.7 Å². The van der Waals surface area contributed by atoms with Crippen LogP contribution in [0.3, 0.4) is 0 Å². The molecular formula is C22H33N3O4. The number of rotatable bonds is 5. The first-order valence-corrected chi connectivity index (χ1v) is 10.2. The Morgan fingerprint density at radius 3 is 2.24 bits per heavy atom. The van der Waals surface area contributed by atoms with Gasteiger partial charge in [0.15, 0.2) is 0 Å². The third-order valence-corrected chi connectivity index (χ3v) is 4.85. The summed E-state index contributed by atoms with van der Waals surface area (Å²) in [5, 5.41) is 2.50. The first-order chi connectivity index (χ1) is 13.7. The van der Waals surface area contributed by atoms with Crippen LogP contribution in [0.2, 0.25) is 0 Å². The number of ether oxygens (including phenoxy) is 1. The molecular weight excluding hydrogens is 370 g/mol. The average molecular weight is 404 g/mol. The molecule has 1 saturated heterocycles. The Morgan fingerprint density at radius 2 is 1.62 bits per heavy atom. The maximum atomic E-state index is 12.6. The smallest absolute Gasteiger partial charge is 0.408 e. The minimum Gasteiger partial charge on any atom is -0.444 e. The van der Waals surface area contributed by atoms with Gasteiger partial charge in [-0.1, -0.05) is 24.3 Å². The number of carbonyl (C=O) groups excluding carboxylic acids is 3. The van der Waals surface area contributed by atoms with Crippen LogP contribution >= 0.6 is 0 Å². The molecule has 2 rings (SSSR count). The van der Waals surface area contributed by atoms with Crippen LogP contribution in [0.15, 0.2) is 24.3 Å². The van der Waals surface area contributed by atoms with Crippen molar-refractivity contribution >= 4 is 17.9 Å². The van der Waals surface area contributed by atoms with Gasteiger partial charge in [-0.05, 0) is 51.7 Å². The van der Waals surface area contributed by atoms with Crippen LogP contribution in [0.4, 0.5) is 4.79 Å². The standard InChI is InChI=1S/C22H33N3O4/c1-17-8-5-6-9-18(17)10-11-19(26)24-12-7-13-25(15-14-24)20(27)16-23-21(28)29-22(2,3)4/h5-6,8-9H,7,10-16H2,1-4H3,(H,23,28). The molecule has 0 radical (unpaired) electrons. The lowest BCUT2D eigenvalue weighted by Crippen LogP contribution is -2.43. The number of amides is 3. The summed E-state index contributed by atoms with van der Waals surface area (Å²) < 4.78 is 5.15. The van der Waals surface area contributed by atoms with E-state index in [-0.39, 0.29) is 18.4 Å². The molecule has 0 atom stereocenters. The van der Waals surface area contributed by atoms with Crippen LogP contribution in [0, 0.1) is 6.92 Å². The SMILES string of the molecule is Cc1ccccc1CCC(=O)N1CCCN(C(=O)CNC(=O)OC(C)(C)C)CC1. The summed E-state index contributed by atoms with van der Waals surface area (Å²) in [5.74, 6) is -0.0421. The second-order valence-corrected chi connectivity index (χ2v) is 8.40. The highest BCUT2D eigenvalue weighted by atomic mass is 16.6. The number of benzene rings is 1. The highest BCUT2D eigenvalue weighted by Gasteiger charge is 2.23. The number of aryl methyl sites for hydroxylation is 2. The average Bonchev–Trinajstić information content (AvgIpc) is 2.90. The van der Waals surface area contributed by atoms with E-state index in [1.54, 1.807) is 25.7 Å². The maximum Gasteiger partial charge on any atom is 0.408 e. The summed E-state index contributed by atoms with van der Waals surface area (Å²) in [6.45, 7) is 9.49. The summed E-state index contributed by atoms with van der Waals surface area (Å²) in [5.41, 5.74) is 1.79. The number of nitrogens with zero attached hydrogens (tertiary/aromatic N) is 2. The third-order valence-electron chi connectivity index (χ3n) is 4.85. The lowest BCUT2D eigenvalue weighted by molar-refractivity contribution is -0.133. The molecule has 0 bridgehead atoms. The Hall–Kier alpha value is -2.57. The Bertz CT molecular complexity index is 727. The molecule has 0 spiro atoms. The van der Waals surface area contributed by atoms with Crippen molar-refractivity contribution in [1.82, 2.24) is 15.1 Å². The molecule has 7 heteroatoms. The zero-order valence-corrected chi connectivity index (χ0v) is 18.0. The van der Waals surface area contributed by atoms with Crippen LogP contribution < -0.4 is 5.32 Å². The highest BCUT2D eigenvalue weighted by Crippen LogP contribution is 2.12. The molecule has 1 aromatic rings. The molecule has 1 aromatic carbocycles. The number of nitrogens with one attached hydrogen (secondary N) is 1. The number of alkyl carbamates (subject to hydrolysis) is 1. The van der Waals surface area contributed by atoms with Crippen molar-refractivity contribution < 1.29 is 19.1 Å². The largest absolute Gasteiger partial charge is 0.444 e. The van der Waals surface area contributed by atoms with Crippen molar-refractivity contribution in [3.8, 4) is 0 Å². The Morgan fingerprint density at radius 1 is 1.00 bits per heavy atom. The van der Waals surface area contributed by atoms with Gasteiger partial charge in [0.05, 0.1) is 0 Å². The van der Waals surface area contributed by atoms with E-state index in [9.17, 15) is 14.4 Å². The Balaban J connectivity index is 1.77. The van der Waals surface area contributed by atoms with Crippen LogP contribution in [-0.4, -0.2) is 66.0 Å². The van der Waals surface area contributed by atoms with Crippen molar-refractivity contribution in [1.29, 1.82) is 0 Å². The first kappa shape index (κ1) is 22.7. The molecule has 1 heterocycles. The third kappa shape index (κ3) is 7.75. The maximum absolute atomic E-state index is 12.6. The van der Waals surface area contributed by atoms with E-state index >= 15 is 0 Å². The Kier molecular flexibility index (Phi) is 8.05. The van der Waals surface area contributed by atoms with E-state index in [0.29, 0.717) is 32.6 Å². The minimum atomic E-state index is -0.603. The van der Waals surface area contributed by atoms with Gasteiger partial charge in [0.1, 0.15) is 12.1 Å². The fourth-order valence-corrected chi connectivity index (χ4v) is 3.28. The molecule has 1 fully saturated rings. The molecule has 0 aliphatic carbocycles. The van der Waals surface area contributed by atoms with E-state index in [4.69, 9.17) is 4.74 Å². The first-order valence-electron chi connectivity index (χ1n) is 10.2. The van der Waals surface area contributed by atoms with Crippen LogP contribution in [0.5, 0.6) is 0 Å². The molecule has 1 aliphatic rings. The van der Waals surface area contributed by atoms with E-state index in [1.165, 1.54) is 11.1 Å². The van der Waals surface area contributed by atoms with E-state index < -0.39 is 11.7 Å². The summed E-state index contributed by atoms with van der Waals surface area (Å²) in [4.78, 5) is 40.3. The fourth-order valence-electron chi connectivity index (χ4n) is 3.28. The summed E-state index contributed by atoms with van der Waals surface area (Å²) >= 11 is 0. The second-order valence-electron chi connectivity index (χ2n) is 8.40. The van der Waals surface area contributed by atoms with Gasteiger partial charge in [-0.3, -0.25) is 9.59 Å². The van der Waals surface area contributed by atoms with Gasteiger partial charge in [0.25, 0.3) is 0 Å². The number of hydrogen-bond donors (Lipinski definition) is 1. The summed E-state index contributed by atoms with van der Waals surface area (Å²) in [6, 6.07) is 8.11. The van der Waals surface area contributed by atoms with Crippen molar-refractivity contribution in [2.75, 3.05) is 32.7 Å². The van der Waals surface area contributed by atoms with Gasteiger partial charge in [-0.2, -0.15) is 0 Å². The van der Waals surface area contributed by atoms with Gasteiger partial charge in [0, 0.05) is 32.6 Å². The molecule has 0 aromatic heterocycles. The topological polar surface area (TPSA) is 79.0 Å². The Labute approximate surface area is 173 Å².